The molecule has 0 saturated carbocycles. The van der Waals surface area contributed by atoms with Gasteiger partial charge in [-0.25, -0.2) is 0 Å². The lowest BCUT2D eigenvalue weighted by Crippen LogP contribution is -2.48. The zero-order valence-electron chi connectivity index (χ0n) is 13.0. The van der Waals surface area contributed by atoms with Gasteiger partial charge in [-0.15, -0.1) is 0 Å². The van der Waals surface area contributed by atoms with E-state index >= 15 is 0 Å². The Morgan fingerprint density at radius 3 is 2.90 bits per heavy atom. The van der Waals surface area contributed by atoms with Gasteiger partial charge in [0, 0.05) is 30.5 Å². The molecule has 112 valence electrons. The maximum Gasteiger partial charge on any atom is 0.255 e. The van der Waals surface area contributed by atoms with E-state index in [1.165, 1.54) is 6.42 Å². The van der Waals surface area contributed by atoms with Gasteiger partial charge in [-0.3, -0.25) is 9.78 Å². The molecule has 0 aliphatic carbocycles. The highest BCUT2D eigenvalue weighted by Gasteiger charge is 2.32. The predicted molar refractivity (Wildman–Crippen MR) is 83.6 cm³/mol. The second kappa shape index (κ2) is 6.73. The molecule has 1 aromatic heterocycles. The van der Waals surface area contributed by atoms with Crippen LogP contribution < -0.4 is 5.73 Å². The van der Waals surface area contributed by atoms with Crippen molar-refractivity contribution < 1.29 is 4.79 Å². The molecular weight excluding hydrogens is 262 g/mol. The van der Waals surface area contributed by atoms with Gasteiger partial charge < -0.3 is 10.6 Å². The van der Waals surface area contributed by atoms with E-state index in [0.29, 0.717) is 23.9 Å². The molecule has 4 nitrogen and oxygen atoms in total. The summed E-state index contributed by atoms with van der Waals surface area (Å²) >= 11 is 0. The van der Waals surface area contributed by atoms with Crippen LogP contribution in [-0.2, 0) is 0 Å². The van der Waals surface area contributed by atoms with Crippen molar-refractivity contribution in [2.24, 2.45) is 17.6 Å². The molecule has 1 aliphatic rings. The summed E-state index contributed by atoms with van der Waals surface area (Å²) in [7, 11) is 0. The highest BCUT2D eigenvalue weighted by Crippen LogP contribution is 2.28. The Balaban J connectivity index is 2.23. The molecule has 2 N–H and O–H groups in total. The van der Waals surface area contributed by atoms with Crippen molar-refractivity contribution in [3.05, 3.63) is 29.6 Å². The lowest BCUT2D eigenvalue weighted by molar-refractivity contribution is 0.0455. The molecule has 1 saturated heterocycles. The number of carbonyl (C=O) groups excluding carboxylic acids is 1. The number of nitrogens with zero attached hydrogens (tertiary/aromatic N) is 2. The minimum atomic E-state index is 0.0461. The number of likely N-dealkylation sites (tertiary alicyclic amines) is 1. The molecule has 0 aromatic carbocycles. The van der Waals surface area contributed by atoms with E-state index in [9.17, 15) is 4.79 Å². The number of carbonyl (C=O) groups is 1. The monoisotopic (exact) mass is 285 g/mol. The predicted octanol–water partition coefficient (Wildman–Crippen LogP) is 1.90. The summed E-state index contributed by atoms with van der Waals surface area (Å²) in [6, 6.07) is 2.06. The van der Waals surface area contributed by atoms with E-state index in [1.54, 1.807) is 18.5 Å². The second-order valence-corrected chi connectivity index (χ2v) is 5.98. The van der Waals surface area contributed by atoms with E-state index in [-0.39, 0.29) is 11.9 Å². The second-order valence-electron chi connectivity index (χ2n) is 5.98. The Labute approximate surface area is 126 Å². The highest BCUT2D eigenvalue weighted by atomic mass is 16.2. The van der Waals surface area contributed by atoms with Crippen LogP contribution in [0.5, 0.6) is 0 Å². The lowest BCUT2D eigenvalue weighted by Gasteiger charge is -2.41. The molecular formula is C17H23N3O. The third-order valence-corrected chi connectivity index (χ3v) is 4.18. The van der Waals surface area contributed by atoms with Crippen LogP contribution >= 0.6 is 0 Å². The molecule has 1 aliphatic heterocycles. The van der Waals surface area contributed by atoms with Gasteiger partial charge in [0.1, 0.15) is 0 Å². The Bertz CT molecular complexity index is 573. The number of aromatic nitrogens is 1. The number of rotatable bonds is 1. The van der Waals surface area contributed by atoms with Crippen molar-refractivity contribution in [1.82, 2.24) is 9.88 Å². The summed E-state index contributed by atoms with van der Waals surface area (Å²) in [6.45, 7) is 7.64. The largest absolute Gasteiger partial charge is 0.335 e. The summed E-state index contributed by atoms with van der Waals surface area (Å²) in [5.41, 5.74) is 6.71. The highest BCUT2D eigenvalue weighted by molar-refractivity contribution is 5.94. The zero-order valence-corrected chi connectivity index (χ0v) is 13.0. The maximum absolute atomic E-state index is 12.7. The Kier molecular flexibility index (Phi) is 4.98. The third-order valence-electron chi connectivity index (χ3n) is 4.18. The quantitative estimate of drug-likeness (QED) is 0.802. The molecule has 3 atom stereocenters. The van der Waals surface area contributed by atoms with Crippen molar-refractivity contribution in [3.8, 4) is 11.8 Å². The molecule has 1 aromatic rings. The topological polar surface area (TPSA) is 59.2 Å². The smallest absolute Gasteiger partial charge is 0.255 e. The number of piperidine rings is 1. The molecule has 1 amide bonds. The van der Waals surface area contributed by atoms with Crippen LogP contribution in [0.4, 0.5) is 0 Å². The standard InChI is InChI=1S/C17H23N3O/c1-12-7-13(2)14(3)20(11-12)17(21)16-8-15(5-4-6-18)9-19-10-16/h8-10,12-14H,6-7,11,18H2,1-3H3. The summed E-state index contributed by atoms with van der Waals surface area (Å²) in [6.07, 6.45) is 4.45. The van der Waals surface area contributed by atoms with Gasteiger partial charge in [-0.05, 0) is 31.2 Å². The van der Waals surface area contributed by atoms with Crippen LogP contribution in [-0.4, -0.2) is 34.9 Å². The van der Waals surface area contributed by atoms with Crippen LogP contribution in [0.3, 0.4) is 0 Å². The van der Waals surface area contributed by atoms with Gasteiger partial charge in [0.2, 0.25) is 0 Å². The fourth-order valence-electron chi connectivity index (χ4n) is 2.93. The van der Waals surface area contributed by atoms with Crippen molar-refractivity contribution in [1.29, 1.82) is 0 Å². The Hall–Kier alpha value is -1.86. The molecule has 4 heteroatoms. The number of pyridine rings is 1. The van der Waals surface area contributed by atoms with Crippen LogP contribution in [0.15, 0.2) is 18.5 Å². The van der Waals surface area contributed by atoms with E-state index in [1.807, 2.05) is 4.90 Å². The first-order valence-corrected chi connectivity index (χ1v) is 7.48. The van der Waals surface area contributed by atoms with Crippen LogP contribution in [0.1, 0.15) is 43.1 Å². The van der Waals surface area contributed by atoms with Crippen molar-refractivity contribution in [3.63, 3.8) is 0 Å². The van der Waals surface area contributed by atoms with Crippen molar-refractivity contribution >= 4 is 5.91 Å². The molecule has 1 fully saturated rings. The van der Waals surface area contributed by atoms with Crippen molar-refractivity contribution in [2.75, 3.05) is 13.1 Å². The number of amides is 1. The van der Waals surface area contributed by atoms with Crippen LogP contribution in [0.25, 0.3) is 0 Å². The lowest BCUT2D eigenvalue weighted by atomic mass is 9.85. The van der Waals surface area contributed by atoms with E-state index < -0.39 is 0 Å². The van der Waals surface area contributed by atoms with Gasteiger partial charge in [0.25, 0.3) is 5.91 Å². The average Bonchev–Trinajstić information content (AvgIpc) is 2.48. The molecule has 0 spiro atoms. The SMILES string of the molecule is CC1CC(C)C(C)N(C(=O)c2cncc(C#CCN)c2)C1. The van der Waals surface area contributed by atoms with Gasteiger partial charge in [0.05, 0.1) is 12.1 Å². The normalized spacial score (nSPS) is 25.1. The first-order valence-electron chi connectivity index (χ1n) is 7.48. The van der Waals surface area contributed by atoms with Crippen LogP contribution in [0, 0.1) is 23.7 Å². The van der Waals surface area contributed by atoms with E-state index in [2.05, 4.69) is 37.6 Å². The zero-order chi connectivity index (χ0) is 15.4. The molecule has 0 bridgehead atoms. The van der Waals surface area contributed by atoms with Crippen molar-refractivity contribution in [2.45, 2.75) is 33.2 Å². The average molecular weight is 285 g/mol. The minimum Gasteiger partial charge on any atom is -0.335 e. The molecule has 2 rings (SSSR count). The molecule has 2 heterocycles. The summed E-state index contributed by atoms with van der Waals surface area (Å²) in [5.74, 6) is 6.81. The van der Waals surface area contributed by atoms with Crippen LogP contribution in [0.2, 0.25) is 0 Å². The fraction of sp³-hybridized carbons (Fsp3) is 0.529. The number of hydrogen-bond acceptors (Lipinski definition) is 3. The minimum absolute atomic E-state index is 0.0461. The van der Waals surface area contributed by atoms with Gasteiger partial charge in [-0.1, -0.05) is 25.7 Å². The Morgan fingerprint density at radius 1 is 1.43 bits per heavy atom. The number of nitrogens with two attached hydrogens (primary N) is 1. The summed E-state index contributed by atoms with van der Waals surface area (Å²) in [5, 5.41) is 0. The number of hydrogen-bond donors (Lipinski definition) is 1. The summed E-state index contributed by atoms with van der Waals surface area (Å²) in [4.78, 5) is 18.8. The van der Waals surface area contributed by atoms with E-state index in [4.69, 9.17) is 5.73 Å². The third kappa shape index (κ3) is 3.62. The summed E-state index contributed by atoms with van der Waals surface area (Å²) < 4.78 is 0. The Morgan fingerprint density at radius 2 is 2.19 bits per heavy atom. The molecule has 3 unspecified atom stereocenters. The van der Waals surface area contributed by atoms with Gasteiger partial charge in [0.15, 0.2) is 0 Å². The van der Waals surface area contributed by atoms with Gasteiger partial charge >= 0.3 is 0 Å². The first-order chi connectivity index (χ1) is 10.0. The first kappa shape index (κ1) is 15.5. The van der Waals surface area contributed by atoms with E-state index in [0.717, 1.165) is 12.1 Å². The molecule has 21 heavy (non-hydrogen) atoms. The maximum atomic E-state index is 12.7. The fourth-order valence-corrected chi connectivity index (χ4v) is 2.93. The molecule has 0 radical (unpaired) electrons. The van der Waals surface area contributed by atoms with Gasteiger partial charge in [-0.2, -0.15) is 0 Å².